The molecule has 26 heavy (non-hydrogen) atoms. The number of carbonyl (C=O) groups is 2. The van der Waals surface area contributed by atoms with Gasteiger partial charge in [-0.25, -0.2) is 0 Å². The Bertz CT molecular complexity index is 754. The van der Waals surface area contributed by atoms with Crippen molar-refractivity contribution in [3.63, 3.8) is 0 Å². The fourth-order valence-electron chi connectivity index (χ4n) is 2.93. The number of hydrogen-bond donors (Lipinski definition) is 2. The Morgan fingerprint density at radius 1 is 1.04 bits per heavy atom. The highest BCUT2D eigenvalue weighted by Crippen LogP contribution is 2.23. The highest BCUT2D eigenvalue weighted by atomic mass is 16.2. The standard InChI is InChI=1S/C22H28N2O2/c1-16-9-8-12-19(13-16)22(3,4)15-23-21(26)14-20(24-17(2)25)18-10-6-5-7-11-18/h5-13,20H,14-15H2,1-4H3,(H,23,26)(H,24,25). The van der Waals surface area contributed by atoms with Crippen molar-refractivity contribution < 1.29 is 9.59 Å². The molecule has 0 bridgehead atoms. The minimum atomic E-state index is -0.323. The number of rotatable bonds is 7. The Labute approximate surface area is 156 Å². The average Bonchev–Trinajstić information content (AvgIpc) is 2.60. The highest BCUT2D eigenvalue weighted by molar-refractivity contribution is 5.79. The van der Waals surface area contributed by atoms with Gasteiger partial charge in [0.25, 0.3) is 0 Å². The Hall–Kier alpha value is -2.62. The molecule has 138 valence electrons. The molecule has 0 aliphatic heterocycles. The number of amides is 2. The van der Waals surface area contributed by atoms with E-state index in [2.05, 4.69) is 49.6 Å². The zero-order valence-corrected chi connectivity index (χ0v) is 16.0. The van der Waals surface area contributed by atoms with Gasteiger partial charge in [-0.1, -0.05) is 74.0 Å². The van der Waals surface area contributed by atoms with E-state index in [0.717, 1.165) is 5.56 Å². The van der Waals surface area contributed by atoms with Crippen molar-refractivity contribution in [2.45, 2.75) is 45.6 Å². The summed E-state index contributed by atoms with van der Waals surface area (Å²) in [5, 5.41) is 5.89. The molecule has 1 unspecified atom stereocenters. The van der Waals surface area contributed by atoms with Crippen LogP contribution in [0.25, 0.3) is 0 Å². The van der Waals surface area contributed by atoms with Crippen LogP contribution in [0, 0.1) is 6.92 Å². The topological polar surface area (TPSA) is 58.2 Å². The highest BCUT2D eigenvalue weighted by Gasteiger charge is 2.23. The Morgan fingerprint density at radius 2 is 1.73 bits per heavy atom. The molecule has 0 aliphatic rings. The molecule has 0 saturated heterocycles. The number of carbonyl (C=O) groups excluding carboxylic acids is 2. The second-order valence-electron chi connectivity index (χ2n) is 7.40. The van der Waals surface area contributed by atoms with E-state index in [4.69, 9.17) is 0 Å². The molecule has 0 aromatic heterocycles. The van der Waals surface area contributed by atoms with Gasteiger partial charge in [0.1, 0.15) is 0 Å². The molecule has 4 heteroatoms. The molecular weight excluding hydrogens is 324 g/mol. The van der Waals surface area contributed by atoms with Crippen molar-refractivity contribution in [1.82, 2.24) is 10.6 Å². The smallest absolute Gasteiger partial charge is 0.222 e. The third kappa shape index (κ3) is 5.73. The van der Waals surface area contributed by atoms with E-state index in [-0.39, 0.29) is 29.7 Å². The van der Waals surface area contributed by atoms with Crippen molar-refractivity contribution >= 4 is 11.8 Å². The van der Waals surface area contributed by atoms with Gasteiger partial charge in [-0.05, 0) is 18.1 Å². The lowest BCUT2D eigenvalue weighted by Gasteiger charge is -2.27. The average molecular weight is 352 g/mol. The molecule has 1 atom stereocenters. The van der Waals surface area contributed by atoms with Crippen molar-refractivity contribution in [1.29, 1.82) is 0 Å². The molecule has 0 spiro atoms. The molecule has 0 fully saturated rings. The van der Waals surface area contributed by atoms with E-state index in [9.17, 15) is 9.59 Å². The summed E-state index contributed by atoms with van der Waals surface area (Å²) in [5.41, 5.74) is 3.16. The van der Waals surface area contributed by atoms with Gasteiger partial charge >= 0.3 is 0 Å². The molecule has 0 aliphatic carbocycles. The Balaban J connectivity index is 2.00. The fourth-order valence-corrected chi connectivity index (χ4v) is 2.93. The summed E-state index contributed by atoms with van der Waals surface area (Å²) < 4.78 is 0. The molecule has 0 heterocycles. The van der Waals surface area contributed by atoms with Crippen LogP contribution in [0.4, 0.5) is 0 Å². The summed E-state index contributed by atoms with van der Waals surface area (Å²) in [5.74, 6) is -0.222. The number of hydrogen-bond acceptors (Lipinski definition) is 2. The number of benzene rings is 2. The lowest BCUT2D eigenvalue weighted by Crippen LogP contribution is -2.39. The van der Waals surface area contributed by atoms with Gasteiger partial charge in [-0.3, -0.25) is 9.59 Å². The minimum absolute atomic E-state index is 0.0756. The van der Waals surface area contributed by atoms with Gasteiger partial charge in [-0.15, -0.1) is 0 Å². The summed E-state index contributed by atoms with van der Waals surface area (Å²) >= 11 is 0. The molecule has 4 nitrogen and oxygen atoms in total. The van der Waals surface area contributed by atoms with E-state index in [1.54, 1.807) is 0 Å². The van der Waals surface area contributed by atoms with E-state index in [1.807, 2.05) is 36.4 Å². The summed E-state index contributed by atoms with van der Waals surface area (Å²) in [6, 6.07) is 17.6. The molecule has 2 N–H and O–H groups in total. The maximum Gasteiger partial charge on any atom is 0.222 e. The van der Waals surface area contributed by atoms with Crippen LogP contribution < -0.4 is 10.6 Å². The maximum atomic E-state index is 12.5. The van der Waals surface area contributed by atoms with Crippen LogP contribution in [-0.4, -0.2) is 18.4 Å². The normalized spacial score (nSPS) is 12.3. The predicted molar refractivity (Wildman–Crippen MR) is 105 cm³/mol. The van der Waals surface area contributed by atoms with Crippen LogP contribution in [0.3, 0.4) is 0 Å². The second kappa shape index (κ2) is 8.65. The van der Waals surface area contributed by atoms with E-state index in [0.29, 0.717) is 6.54 Å². The molecule has 2 amide bonds. The summed E-state index contributed by atoms with van der Waals surface area (Å²) in [6.45, 7) is 8.30. The molecule has 2 aromatic rings. The number of aryl methyl sites for hydroxylation is 1. The zero-order valence-electron chi connectivity index (χ0n) is 16.0. The van der Waals surface area contributed by atoms with Crippen LogP contribution in [0.5, 0.6) is 0 Å². The maximum absolute atomic E-state index is 12.5. The lowest BCUT2D eigenvalue weighted by molar-refractivity contribution is -0.123. The van der Waals surface area contributed by atoms with Gasteiger partial charge < -0.3 is 10.6 Å². The monoisotopic (exact) mass is 352 g/mol. The Kier molecular flexibility index (Phi) is 6.56. The summed E-state index contributed by atoms with van der Waals surface area (Å²) in [7, 11) is 0. The SMILES string of the molecule is CC(=O)NC(CC(=O)NCC(C)(C)c1cccc(C)c1)c1ccccc1. The van der Waals surface area contributed by atoms with E-state index >= 15 is 0 Å². The molecule has 0 saturated carbocycles. The third-order valence-electron chi connectivity index (χ3n) is 4.50. The zero-order chi connectivity index (χ0) is 19.2. The van der Waals surface area contributed by atoms with E-state index < -0.39 is 0 Å². The predicted octanol–water partition coefficient (Wildman–Crippen LogP) is 3.66. The van der Waals surface area contributed by atoms with Gasteiger partial charge in [0.15, 0.2) is 0 Å². The first kappa shape index (κ1) is 19.7. The second-order valence-corrected chi connectivity index (χ2v) is 7.40. The van der Waals surface area contributed by atoms with Crippen LogP contribution in [-0.2, 0) is 15.0 Å². The van der Waals surface area contributed by atoms with Gasteiger partial charge in [-0.2, -0.15) is 0 Å². The van der Waals surface area contributed by atoms with Gasteiger partial charge in [0, 0.05) is 18.9 Å². The first-order chi connectivity index (χ1) is 12.3. The van der Waals surface area contributed by atoms with Crippen LogP contribution in [0.1, 0.15) is 49.9 Å². The Morgan fingerprint density at radius 3 is 2.35 bits per heavy atom. The van der Waals surface area contributed by atoms with Gasteiger partial charge in [0.05, 0.1) is 12.5 Å². The quantitative estimate of drug-likeness (QED) is 0.799. The first-order valence-electron chi connectivity index (χ1n) is 8.94. The van der Waals surface area contributed by atoms with E-state index in [1.165, 1.54) is 18.1 Å². The number of nitrogens with one attached hydrogen (secondary N) is 2. The van der Waals surface area contributed by atoms with Crippen LogP contribution in [0.15, 0.2) is 54.6 Å². The minimum Gasteiger partial charge on any atom is -0.355 e. The van der Waals surface area contributed by atoms with Gasteiger partial charge in [0.2, 0.25) is 11.8 Å². The van der Waals surface area contributed by atoms with Crippen molar-refractivity contribution in [2.24, 2.45) is 0 Å². The van der Waals surface area contributed by atoms with Crippen molar-refractivity contribution in [3.8, 4) is 0 Å². The van der Waals surface area contributed by atoms with Crippen LogP contribution >= 0.6 is 0 Å². The molecule has 0 radical (unpaired) electrons. The molecular formula is C22H28N2O2. The van der Waals surface area contributed by atoms with Crippen molar-refractivity contribution in [2.75, 3.05) is 6.54 Å². The summed E-state index contributed by atoms with van der Waals surface area (Å²) in [6.07, 6.45) is 0.216. The van der Waals surface area contributed by atoms with Crippen molar-refractivity contribution in [3.05, 3.63) is 71.3 Å². The summed E-state index contributed by atoms with van der Waals surface area (Å²) in [4.78, 5) is 24.0. The lowest BCUT2D eigenvalue weighted by atomic mass is 9.84. The largest absolute Gasteiger partial charge is 0.355 e. The molecule has 2 rings (SSSR count). The fraction of sp³-hybridized carbons (Fsp3) is 0.364. The molecule has 2 aromatic carbocycles. The first-order valence-corrected chi connectivity index (χ1v) is 8.94. The third-order valence-corrected chi connectivity index (χ3v) is 4.50. The van der Waals surface area contributed by atoms with Crippen LogP contribution in [0.2, 0.25) is 0 Å².